The van der Waals surface area contributed by atoms with Gasteiger partial charge in [-0.05, 0) is 53.8 Å². The van der Waals surface area contributed by atoms with Crippen LogP contribution in [0.25, 0.3) is 11.1 Å². The summed E-state index contributed by atoms with van der Waals surface area (Å²) in [6.45, 7) is 0.947. The number of hydrogen-bond acceptors (Lipinski definition) is 4. The van der Waals surface area contributed by atoms with Crippen molar-refractivity contribution in [2.24, 2.45) is 0 Å². The van der Waals surface area contributed by atoms with E-state index in [9.17, 15) is 9.59 Å². The van der Waals surface area contributed by atoms with Gasteiger partial charge in [0.25, 0.3) is 0 Å². The van der Waals surface area contributed by atoms with E-state index in [1.807, 2.05) is 109 Å². The molecule has 1 unspecified atom stereocenters. The first-order valence-corrected chi connectivity index (χ1v) is 12.8. The molecule has 4 aromatic carbocycles. The molecular formula is C32H30N2O4. The van der Waals surface area contributed by atoms with Crippen molar-refractivity contribution in [3.63, 3.8) is 0 Å². The zero-order chi connectivity index (χ0) is 26.2. The Hall–Kier alpha value is -4.58. The summed E-state index contributed by atoms with van der Waals surface area (Å²) in [6, 6.07) is 34.5. The number of nitrogens with zero attached hydrogens (tertiary/aromatic N) is 1. The zero-order valence-corrected chi connectivity index (χ0v) is 21.1. The first-order valence-electron chi connectivity index (χ1n) is 12.8. The lowest BCUT2D eigenvalue weighted by Crippen LogP contribution is -2.43. The molecule has 1 aliphatic rings. The van der Waals surface area contributed by atoms with Crippen molar-refractivity contribution >= 4 is 17.7 Å². The number of carbonyl (C=O) groups is 2. The van der Waals surface area contributed by atoms with Gasteiger partial charge in [-0.3, -0.25) is 9.69 Å². The molecule has 6 nitrogen and oxygen atoms in total. The predicted molar refractivity (Wildman–Crippen MR) is 148 cm³/mol. The van der Waals surface area contributed by atoms with Gasteiger partial charge in [-0.2, -0.15) is 0 Å². The van der Waals surface area contributed by atoms with Crippen molar-refractivity contribution in [2.45, 2.75) is 32.1 Å². The highest BCUT2D eigenvalue weighted by atomic mass is 16.6. The molecule has 0 bridgehead atoms. The first kappa shape index (κ1) is 25.1. The fourth-order valence-corrected chi connectivity index (χ4v) is 4.60. The lowest BCUT2D eigenvalue weighted by atomic mass is 10.0. The quantitative estimate of drug-likeness (QED) is 0.290. The van der Waals surface area contributed by atoms with Crippen molar-refractivity contribution in [3.8, 4) is 16.9 Å². The van der Waals surface area contributed by atoms with Crippen molar-refractivity contribution < 1.29 is 19.1 Å². The highest BCUT2D eigenvalue weighted by Gasteiger charge is 2.35. The number of likely N-dealkylation sites (tertiary alicyclic amines) is 1. The topological polar surface area (TPSA) is 67.9 Å². The molecule has 0 aromatic heterocycles. The number of rotatable bonds is 8. The molecule has 1 aliphatic heterocycles. The van der Waals surface area contributed by atoms with E-state index < -0.39 is 12.1 Å². The Kier molecular flexibility index (Phi) is 7.99. The van der Waals surface area contributed by atoms with Crippen LogP contribution in [0.1, 0.15) is 24.0 Å². The second kappa shape index (κ2) is 12.1. The number of benzene rings is 4. The van der Waals surface area contributed by atoms with Gasteiger partial charge >= 0.3 is 6.09 Å². The molecule has 1 N–H and O–H groups in total. The molecule has 0 spiro atoms. The van der Waals surface area contributed by atoms with E-state index >= 15 is 0 Å². The highest BCUT2D eigenvalue weighted by Crippen LogP contribution is 2.28. The molecule has 1 fully saturated rings. The molecule has 1 heterocycles. The van der Waals surface area contributed by atoms with Gasteiger partial charge in [0.2, 0.25) is 5.91 Å². The molecule has 4 aromatic rings. The van der Waals surface area contributed by atoms with Gasteiger partial charge in [0.15, 0.2) is 0 Å². The average Bonchev–Trinajstić information content (AvgIpc) is 3.47. The van der Waals surface area contributed by atoms with Gasteiger partial charge in [-0.25, -0.2) is 4.79 Å². The number of nitrogens with one attached hydrogen (secondary N) is 1. The molecule has 5 rings (SSSR count). The molecule has 1 atom stereocenters. The molecule has 0 radical (unpaired) electrons. The molecule has 38 heavy (non-hydrogen) atoms. The summed E-state index contributed by atoms with van der Waals surface area (Å²) in [4.78, 5) is 27.7. The van der Waals surface area contributed by atoms with E-state index in [0.29, 0.717) is 18.7 Å². The normalized spacial score (nSPS) is 14.6. The highest BCUT2D eigenvalue weighted by molar-refractivity contribution is 5.97. The number of ether oxygens (including phenoxy) is 2. The Morgan fingerprint density at radius 1 is 0.789 bits per heavy atom. The van der Waals surface area contributed by atoms with Crippen LogP contribution in [-0.4, -0.2) is 29.5 Å². The average molecular weight is 507 g/mol. The van der Waals surface area contributed by atoms with Crippen LogP contribution >= 0.6 is 0 Å². The second-order valence-corrected chi connectivity index (χ2v) is 9.22. The minimum Gasteiger partial charge on any atom is -0.489 e. The summed E-state index contributed by atoms with van der Waals surface area (Å²) < 4.78 is 11.5. The van der Waals surface area contributed by atoms with Crippen molar-refractivity contribution in [2.75, 3.05) is 11.9 Å². The molecule has 192 valence electrons. The van der Waals surface area contributed by atoms with E-state index in [1.54, 1.807) is 0 Å². The van der Waals surface area contributed by atoms with Crippen molar-refractivity contribution in [1.82, 2.24) is 4.90 Å². The van der Waals surface area contributed by atoms with Gasteiger partial charge in [-0.15, -0.1) is 0 Å². The Morgan fingerprint density at radius 3 is 2.21 bits per heavy atom. The van der Waals surface area contributed by atoms with Crippen LogP contribution in [0.15, 0.2) is 109 Å². The van der Waals surface area contributed by atoms with Gasteiger partial charge in [0.05, 0.1) is 0 Å². The Labute approximate surface area is 222 Å². The van der Waals surface area contributed by atoms with Crippen LogP contribution in [0.2, 0.25) is 0 Å². The summed E-state index contributed by atoms with van der Waals surface area (Å²) in [5, 5.41) is 3.06. The third-order valence-electron chi connectivity index (χ3n) is 6.60. The van der Waals surface area contributed by atoms with Crippen LogP contribution < -0.4 is 10.1 Å². The maximum Gasteiger partial charge on any atom is 0.410 e. The largest absolute Gasteiger partial charge is 0.489 e. The number of anilines is 1. The fraction of sp³-hybridized carbons (Fsp3) is 0.188. The summed E-state index contributed by atoms with van der Waals surface area (Å²) >= 11 is 0. The summed E-state index contributed by atoms with van der Waals surface area (Å²) in [5.74, 6) is 0.519. The molecule has 0 aliphatic carbocycles. The fourth-order valence-electron chi connectivity index (χ4n) is 4.60. The van der Waals surface area contributed by atoms with E-state index in [1.165, 1.54) is 4.90 Å². The van der Waals surface area contributed by atoms with E-state index in [-0.39, 0.29) is 19.1 Å². The number of para-hydroxylation sites is 1. The minimum absolute atomic E-state index is 0.173. The zero-order valence-electron chi connectivity index (χ0n) is 21.1. The maximum atomic E-state index is 13.4. The summed E-state index contributed by atoms with van der Waals surface area (Å²) in [5.41, 5.74) is 4.52. The molecular weight excluding hydrogens is 476 g/mol. The summed E-state index contributed by atoms with van der Waals surface area (Å²) in [6.07, 6.45) is 0.859. The summed E-state index contributed by atoms with van der Waals surface area (Å²) in [7, 11) is 0. The first-order chi connectivity index (χ1) is 18.7. The van der Waals surface area contributed by atoms with E-state index in [2.05, 4.69) is 5.32 Å². The van der Waals surface area contributed by atoms with Gasteiger partial charge in [0, 0.05) is 17.8 Å². The van der Waals surface area contributed by atoms with Crippen molar-refractivity contribution in [1.29, 1.82) is 0 Å². The molecule has 1 saturated heterocycles. The van der Waals surface area contributed by atoms with E-state index in [4.69, 9.17) is 9.47 Å². The van der Waals surface area contributed by atoms with Gasteiger partial charge in [-0.1, -0.05) is 84.9 Å². The monoisotopic (exact) mass is 506 g/mol. The van der Waals surface area contributed by atoms with Gasteiger partial charge in [0.1, 0.15) is 25.0 Å². The second-order valence-electron chi connectivity index (χ2n) is 9.22. The standard InChI is InChI=1S/C32H30N2O4/c35-31(30-17-10-20-34(30)32(36)38-22-24-11-4-1-5-12-24)33-29-19-18-26(25-13-6-2-7-14-25)21-27(29)23-37-28-15-8-3-9-16-28/h1-9,11-16,18-19,21,30H,10,17,20,22-23H2,(H,33,35). The smallest absolute Gasteiger partial charge is 0.410 e. The third kappa shape index (κ3) is 6.21. The SMILES string of the molecule is O=C(Nc1ccc(-c2ccccc2)cc1COc1ccccc1)C1CCCN1C(=O)OCc1ccccc1. The number of hydrogen-bond donors (Lipinski definition) is 1. The van der Waals surface area contributed by atoms with Crippen molar-refractivity contribution in [3.05, 3.63) is 120 Å². The number of carbonyl (C=O) groups excluding carboxylic acids is 2. The Bertz CT molecular complexity index is 1360. The van der Waals surface area contributed by atoms with Crippen LogP contribution in [-0.2, 0) is 22.7 Å². The predicted octanol–water partition coefficient (Wildman–Crippen LogP) is 6.67. The van der Waals surface area contributed by atoms with Crippen LogP contribution in [0.4, 0.5) is 10.5 Å². The van der Waals surface area contributed by atoms with Crippen LogP contribution in [0.5, 0.6) is 5.75 Å². The maximum absolute atomic E-state index is 13.4. The van der Waals surface area contributed by atoms with Crippen LogP contribution in [0.3, 0.4) is 0 Å². The van der Waals surface area contributed by atoms with E-state index in [0.717, 1.165) is 34.4 Å². The number of amides is 2. The van der Waals surface area contributed by atoms with Crippen LogP contribution in [0, 0.1) is 0 Å². The molecule has 6 heteroatoms. The lowest BCUT2D eigenvalue weighted by molar-refractivity contribution is -0.120. The van der Waals surface area contributed by atoms with Gasteiger partial charge < -0.3 is 14.8 Å². The third-order valence-corrected chi connectivity index (χ3v) is 6.60. The lowest BCUT2D eigenvalue weighted by Gasteiger charge is -2.24. The molecule has 0 saturated carbocycles. The molecule has 2 amide bonds. The Morgan fingerprint density at radius 2 is 1.47 bits per heavy atom. The minimum atomic E-state index is -0.588. The Balaban J connectivity index is 1.31.